The number of amides is 1. The number of carbonyl (C=O) groups excluding carboxylic acids is 1. The number of nitrogens with two attached hydrogens (primary N) is 1. The van der Waals surface area contributed by atoms with Crippen molar-refractivity contribution in [3.63, 3.8) is 0 Å². The van der Waals surface area contributed by atoms with Gasteiger partial charge in [0.2, 0.25) is 5.91 Å². The Kier molecular flexibility index (Phi) is 3.79. The van der Waals surface area contributed by atoms with Gasteiger partial charge in [0.05, 0.1) is 0 Å². The molecule has 3 aromatic rings. The number of rotatable bonds is 4. The molecular weight excluding hydrogens is 280 g/mol. The molecule has 2 aromatic carbocycles. The number of aromatic nitrogens is 1. The fourth-order valence-corrected chi connectivity index (χ4v) is 2.83. The van der Waals surface area contributed by atoms with Crippen LogP contribution < -0.4 is 5.73 Å². The zero-order valence-electron chi connectivity index (χ0n) is 11.3. The van der Waals surface area contributed by atoms with E-state index in [4.69, 9.17) is 5.73 Å². The molecule has 0 bridgehead atoms. The monoisotopic (exact) mass is 294 g/mol. The first-order valence-electron chi connectivity index (χ1n) is 6.53. The Morgan fingerprint density at radius 2 is 1.38 bits per heavy atom. The summed E-state index contributed by atoms with van der Waals surface area (Å²) in [4.78, 5) is 13.3. The molecule has 2 N–H and O–H groups in total. The van der Waals surface area contributed by atoms with E-state index in [1.807, 2.05) is 36.7 Å². The fourth-order valence-electron chi connectivity index (χ4n) is 2.02. The molecule has 0 saturated carbocycles. The average Bonchev–Trinajstić information content (AvgIpc) is 3.03. The van der Waals surface area contributed by atoms with Gasteiger partial charge in [-0.25, -0.2) is 0 Å². The number of carbonyl (C=O) groups is 1. The highest BCUT2D eigenvalue weighted by molar-refractivity contribution is 7.99. The van der Waals surface area contributed by atoms with Crippen molar-refractivity contribution in [1.29, 1.82) is 0 Å². The van der Waals surface area contributed by atoms with E-state index in [1.54, 1.807) is 23.9 Å². The van der Waals surface area contributed by atoms with E-state index in [9.17, 15) is 4.79 Å². The van der Waals surface area contributed by atoms with E-state index in [0.717, 1.165) is 15.5 Å². The number of primary amides is 1. The normalized spacial score (nSPS) is 10.5. The number of hydrogen-bond acceptors (Lipinski definition) is 2. The molecule has 0 atom stereocenters. The molecule has 1 heterocycles. The number of nitrogens with zero attached hydrogens (tertiary/aromatic N) is 1. The maximum atomic E-state index is 11.0. The van der Waals surface area contributed by atoms with Crippen molar-refractivity contribution in [2.45, 2.75) is 9.79 Å². The van der Waals surface area contributed by atoms with Gasteiger partial charge in [-0.2, -0.15) is 0 Å². The van der Waals surface area contributed by atoms with Gasteiger partial charge in [0, 0.05) is 33.4 Å². The molecule has 1 amide bonds. The van der Waals surface area contributed by atoms with Crippen LogP contribution >= 0.6 is 11.8 Å². The second-order valence-electron chi connectivity index (χ2n) is 4.57. The molecule has 0 radical (unpaired) electrons. The molecular formula is C17H14N2OS. The molecule has 0 unspecified atom stereocenters. The van der Waals surface area contributed by atoms with Gasteiger partial charge in [-0.05, 0) is 60.7 Å². The Balaban J connectivity index is 1.74. The van der Waals surface area contributed by atoms with Crippen LogP contribution in [0.5, 0.6) is 0 Å². The van der Waals surface area contributed by atoms with E-state index >= 15 is 0 Å². The molecule has 1 aromatic heterocycles. The van der Waals surface area contributed by atoms with Crippen molar-refractivity contribution in [2.24, 2.45) is 5.73 Å². The lowest BCUT2D eigenvalue weighted by molar-refractivity contribution is 0.1000. The third-order valence-electron chi connectivity index (χ3n) is 3.11. The van der Waals surface area contributed by atoms with Crippen molar-refractivity contribution < 1.29 is 4.79 Å². The Morgan fingerprint density at radius 1 is 0.857 bits per heavy atom. The van der Waals surface area contributed by atoms with E-state index < -0.39 is 5.91 Å². The summed E-state index contributed by atoms with van der Waals surface area (Å²) in [6.45, 7) is 0. The zero-order chi connectivity index (χ0) is 14.7. The molecule has 21 heavy (non-hydrogen) atoms. The summed E-state index contributed by atoms with van der Waals surface area (Å²) < 4.78 is 2.07. The first-order valence-corrected chi connectivity index (χ1v) is 7.35. The second-order valence-corrected chi connectivity index (χ2v) is 5.72. The van der Waals surface area contributed by atoms with Crippen LogP contribution in [0.2, 0.25) is 0 Å². The Morgan fingerprint density at radius 3 is 1.90 bits per heavy atom. The Hall–Kier alpha value is -2.46. The lowest BCUT2D eigenvalue weighted by atomic mass is 10.2. The smallest absolute Gasteiger partial charge is 0.248 e. The number of hydrogen-bond donors (Lipinski definition) is 1. The third kappa shape index (κ3) is 3.17. The molecule has 0 spiro atoms. The molecule has 0 aliphatic carbocycles. The van der Waals surface area contributed by atoms with Gasteiger partial charge >= 0.3 is 0 Å². The van der Waals surface area contributed by atoms with E-state index in [0.29, 0.717) is 5.56 Å². The third-order valence-corrected chi connectivity index (χ3v) is 4.13. The van der Waals surface area contributed by atoms with Crippen molar-refractivity contribution in [1.82, 2.24) is 4.57 Å². The van der Waals surface area contributed by atoms with Crippen molar-refractivity contribution in [3.05, 3.63) is 78.6 Å². The minimum atomic E-state index is -0.400. The largest absolute Gasteiger partial charge is 0.366 e. The molecule has 0 saturated heterocycles. The summed E-state index contributed by atoms with van der Waals surface area (Å²) in [6.07, 6.45) is 4.04. The van der Waals surface area contributed by atoms with E-state index in [1.165, 1.54) is 0 Å². The van der Waals surface area contributed by atoms with Crippen LogP contribution in [0.15, 0.2) is 82.8 Å². The minimum absolute atomic E-state index is 0.400. The first-order chi connectivity index (χ1) is 10.2. The van der Waals surface area contributed by atoms with E-state index in [2.05, 4.69) is 28.8 Å². The first kappa shape index (κ1) is 13.5. The lowest BCUT2D eigenvalue weighted by Gasteiger charge is -2.05. The average molecular weight is 294 g/mol. The lowest BCUT2D eigenvalue weighted by Crippen LogP contribution is -2.10. The van der Waals surface area contributed by atoms with Crippen LogP contribution in [0.25, 0.3) is 5.69 Å². The van der Waals surface area contributed by atoms with Gasteiger partial charge in [-0.15, -0.1) is 0 Å². The summed E-state index contributed by atoms with van der Waals surface area (Å²) in [5.41, 5.74) is 6.89. The summed E-state index contributed by atoms with van der Waals surface area (Å²) in [5, 5.41) is 0. The van der Waals surface area contributed by atoms with Crippen LogP contribution in [0.4, 0.5) is 0 Å². The van der Waals surface area contributed by atoms with Gasteiger partial charge in [0.1, 0.15) is 0 Å². The Labute approximate surface area is 127 Å². The quantitative estimate of drug-likeness (QED) is 0.797. The summed E-state index contributed by atoms with van der Waals surface area (Å²) in [6, 6.07) is 19.7. The van der Waals surface area contributed by atoms with Crippen LogP contribution in [0, 0.1) is 0 Å². The molecule has 0 fully saturated rings. The van der Waals surface area contributed by atoms with Crippen LogP contribution in [0.3, 0.4) is 0 Å². The highest BCUT2D eigenvalue weighted by Crippen LogP contribution is 2.28. The van der Waals surface area contributed by atoms with Gasteiger partial charge in [0.25, 0.3) is 0 Å². The Bertz CT molecular complexity index is 731. The molecule has 0 aliphatic rings. The topological polar surface area (TPSA) is 48.0 Å². The van der Waals surface area contributed by atoms with Gasteiger partial charge in [-0.3, -0.25) is 4.79 Å². The predicted molar refractivity (Wildman–Crippen MR) is 84.9 cm³/mol. The molecule has 3 nitrogen and oxygen atoms in total. The standard InChI is InChI=1S/C17H14N2OS/c18-17(20)13-3-7-15(8-4-13)21-16-9-5-14(6-10-16)19-11-1-2-12-19/h1-12H,(H2,18,20). The highest BCUT2D eigenvalue weighted by atomic mass is 32.2. The van der Waals surface area contributed by atoms with Gasteiger partial charge < -0.3 is 10.3 Å². The van der Waals surface area contributed by atoms with Crippen molar-refractivity contribution >= 4 is 17.7 Å². The summed E-state index contributed by atoms with van der Waals surface area (Å²) in [5.74, 6) is -0.400. The second kappa shape index (κ2) is 5.89. The molecule has 0 aliphatic heterocycles. The van der Waals surface area contributed by atoms with Gasteiger partial charge in [-0.1, -0.05) is 11.8 Å². The number of benzene rings is 2. The summed E-state index contributed by atoms with van der Waals surface area (Å²) in [7, 11) is 0. The van der Waals surface area contributed by atoms with Crippen LogP contribution in [-0.4, -0.2) is 10.5 Å². The highest BCUT2D eigenvalue weighted by Gasteiger charge is 2.02. The molecule has 104 valence electrons. The molecule has 4 heteroatoms. The maximum Gasteiger partial charge on any atom is 0.248 e. The zero-order valence-corrected chi connectivity index (χ0v) is 12.1. The fraction of sp³-hybridized carbons (Fsp3) is 0. The molecule has 3 rings (SSSR count). The van der Waals surface area contributed by atoms with Crippen molar-refractivity contribution in [3.8, 4) is 5.69 Å². The maximum absolute atomic E-state index is 11.0. The van der Waals surface area contributed by atoms with Gasteiger partial charge in [0.15, 0.2) is 0 Å². The minimum Gasteiger partial charge on any atom is -0.366 e. The van der Waals surface area contributed by atoms with Crippen LogP contribution in [-0.2, 0) is 0 Å². The van der Waals surface area contributed by atoms with Crippen molar-refractivity contribution in [2.75, 3.05) is 0 Å². The predicted octanol–water partition coefficient (Wildman–Crippen LogP) is 3.73. The van der Waals surface area contributed by atoms with E-state index in [-0.39, 0.29) is 0 Å². The summed E-state index contributed by atoms with van der Waals surface area (Å²) >= 11 is 1.65. The van der Waals surface area contributed by atoms with Crippen LogP contribution in [0.1, 0.15) is 10.4 Å². The SMILES string of the molecule is NC(=O)c1ccc(Sc2ccc(-n3cccc3)cc2)cc1.